The maximum atomic E-state index is 12.2. The third-order valence-corrected chi connectivity index (χ3v) is 3.15. The van der Waals surface area contributed by atoms with Crippen LogP contribution in [0, 0.1) is 0 Å². The van der Waals surface area contributed by atoms with Gasteiger partial charge in [0.2, 0.25) is 0 Å². The molecule has 2 aromatic carbocycles. The van der Waals surface area contributed by atoms with Crippen LogP contribution in [0.4, 0.5) is 17.1 Å². The van der Waals surface area contributed by atoms with Crippen LogP contribution in [0.5, 0.6) is 0 Å². The third-order valence-electron chi connectivity index (χ3n) is 3.15. The summed E-state index contributed by atoms with van der Waals surface area (Å²) in [6, 6.07) is 15.2. The van der Waals surface area contributed by atoms with E-state index in [1.807, 2.05) is 74.4 Å². The monoisotopic (exact) mass is 283 g/mol. The van der Waals surface area contributed by atoms with Crippen LogP contribution in [-0.2, 0) is 0 Å². The van der Waals surface area contributed by atoms with Gasteiger partial charge in [0.05, 0.1) is 0 Å². The molecule has 0 heterocycles. The molecule has 0 radical (unpaired) electrons. The Labute approximate surface area is 125 Å². The fourth-order valence-corrected chi connectivity index (χ4v) is 2.01. The van der Waals surface area contributed by atoms with E-state index >= 15 is 0 Å². The van der Waals surface area contributed by atoms with Crippen molar-refractivity contribution in [1.82, 2.24) is 0 Å². The molecule has 0 saturated carbocycles. The molecule has 0 aliphatic heterocycles. The van der Waals surface area contributed by atoms with Crippen molar-refractivity contribution in [3.8, 4) is 0 Å². The number of nitrogens with zero attached hydrogens (tertiary/aromatic N) is 1. The van der Waals surface area contributed by atoms with E-state index in [9.17, 15) is 4.79 Å². The molecule has 0 aliphatic carbocycles. The average Bonchev–Trinajstić information content (AvgIpc) is 2.48. The van der Waals surface area contributed by atoms with Gasteiger partial charge in [-0.3, -0.25) is 4.79 Å². The van der Waals surface area contributed by atoms with E-state index in [1.54, 1.807) is 0 Å². The summed E-state index contributed by atoms with van der Waals surface area (Å²) in [4.78, 5) is 14.2. The molecule has 4 nitrogen and oxygen atoms in total. The van der Waals surface area contributed by atoms with Crippen molar-refractivity contribution in [3.63, 3.8) is 0 Å². The molecule has 110 valence electrons. The number of carbonyl (C=O) groups is 1. The lowest BCUT2D eigenvalue weighted by Crippen LogP contribution is -2.13. The molecule has 0 unspecified atom stereocenters. The number of carbonyl (C=O) groups excluding carboxylic acids is 1. The molecule has 2 N–H and O–H groups in total. The Balaban J connectivity index is 2.08. The number of hydrogen-bond acceptors (Lipinski definition) is 3. The van der Waals surface area contributed by atoms with Gasteiger partial charge in [-0.25, -0.2) is 0 Å². The lowest BCUT2D eigenvalue weighted by molar-refractivity contribution is 0.102. The smallest absolute Gasteiger partial charge is 0.255 e. The van der Waals surface area contributed by atoms with Crippen LogP contribution in [0.3, 0.4) is 0 Å². The number of hydrogen-bond donors (Lipinski definition) is 2. The second-order valence-electron chi connectivity index (χ2n) is 5.01. The lowest BCUT2D eigenvalue weighted by Gasteiger charge is -2.14. The van der Waals surface area contributed by atoms with Gasteiger partial charge in [-0.05, 0) is 49.4 Å². The molecule has 2 rings (SSSR count). The second-order valence-corrected chi connectivity index (χ2v) is 5.01. The lowest BCUT2D eigenvalue weighted by atomic mass is 10.2. The quantitative estimate of drug-likeness (QED) is 0.883. The predicted molar refractivity (Wildman–Crippen MR) is 89.3 cm³/mol. The van der Waals surface area contributed by atoms with Gasteiger partial charge < -0.3 is 15.5 Å². The Hall–Kier alpha value is -2.49. The summed E-state index contributed by atoms with van der Waals surface area (Å²) in [5.41, 5.74) is 3.51. The highest BCUT2D eigenvalue weighted by atomic mass is 16.1. The van der Waals surface area contributed by atoms with Crippen LogP contribution in [-0.4, -0.2) is 26.5 Å². The first-order chi connectivity index (χ1) is 10.1. The zero-order chi connectivity index (χ0) is 15.2. The summed E-state index contributed by atoms with van der Waals surface area (Å²) < 4.78 is 0. The van der Waals surface area contributed by atoms with Crippen molar-refractivity contribution in [2.75, 3.05) is 36.2 Å². The molecular formula is C17H21N3O. The summed E-state index contributed by atoms with van der Waals surface area (Å²) in [6.45, 7) is 2.90. The highest BCUT2D eigenvalue weighted by Crippen LogP contribution is 2.18. The Morgan fingerprint density at radius 2 is 1.76 bits per heavy atom. The van der Waals surface area contributed by atoms with Gasteiger partial charge in [0.15, 0.2) is 0 Å². The summed E-state index contributed by atoms with van der Waals surface area (Å²) >= 11 is 0. The second kappa shape index (κ2) is 6.79. The van der Waals surface area contributed by atoms with E-state index in [2.05, 4.69) is 10.6 Å². The maximum Gasteiger partial charge on any atom is 0.255 e. The molecule has 0 saturated heterocycles. The zero-order valence-electron chi connectivity index (χ0n) is 12.7. The Bertz CT molecular complexity index is 606. The first kappa shape index (κ1) is 14.9. The highest BCUT2D eigenvalue weighted by molar-refractivity contribution is 6.04. The standard InChI is InChI=1S/C17H21N3O/c1-4-18-14-10-8-13(9-11-14)17(21)19-15-6-5-7-16(12-15)20(2)3/h5-12,18H,4H2,1-3H3,(H,19,21). The van der Waals surface area contributed by atoms with E-state index in [-0.39, 0.29) is 5.91 Å². The minimum atomic E-state index is -0.103. The largest absolute Gasteiger partial charge is 0.385 e. The van der Waals surface area contributed by atoms with E-state index in [4.69, 9.17) is 0 Å². The summed E-state index contributed by atoms with van der Waals surface area (Å²) in [6.07, 6.45) is 0. The molecule has 4 heteroatoms. The molecule has 0 aromatic heterocycles. The fraction of sp³-hybridized carbons (Fsp3) is 0.235. The summed E-state index contributed by atoms with van der Waals surface area (Å²) in [5, 5.41) is 6.12. The number of amides is 1. The number of nitrogens with one attached hydrogen (secondary N) is 2. The van der Waals surface area contributed by atoms with Crippen LogP contribution in [0.1, 0.15) is 17.3 Å². The number of anilines is 3. The zero-order valence-corrected chi connectivity index (χ0v) is 12.7. The van der Waals surface area contributed by atoms with E-state index < -0.39 is 0 Å². The van der Waals surface area contributed by atoms with Gasteiger partial charge >= 0.3 is 0 Å². The van der Waals surface area contributed by atoms with E-state index in [0.29, 0.717) is 5.56 Å². The van der Waals surface area contributed by atoms with Crippen molar-refractivity contribution in [2.24, 2.45) is 0 Å². The topological polar surface area (TPSA) is 44.4 Å². The molecule has 0 bridgehead atoms. The normalized spacial score (nSPS) is 10.0. The Kier molecular flexibility index (Phi) is 4.82. The van der Waals surface area contributed by atoms with Crippen molar-refractivity contribution >= 4 is 23.0 Å². The molecule has 0 spiro atoms. The van der Waals surface area contributed by atoms with Gasteiger partial charge in [-0.15, -0.1) is 0 Å². The first-order valence-corrected chi connectivity index (χ1v) is 7.03. The molecule has 0 atom stereocenters. The fourth-order valence-electron chi connectivity index (χ4n) is 2.01. The maximum absolute atomic E-state index is 12.2. The Morgan fingerprint density at radius 1 is 1.05 bits per heavy atom. The molecule has 0 aliphatic rings. The van der Waals surface area contributed by atoms with Crippen LogP contribution in [0.15, 0.2) is 48.5 Å². The highest BCUT2D eigenvalue weighted by Gasteiger charge is 2.06. The minimum absolute atomic E-state index is 0.103. The van der Waals surface area contributed by atoms with Gasteiger partial charge in [-0.1, -0.05) is 6.07 Å². The molecule has 0 fully saturated rings. The van der Waals surface area contributed by atoms with E-state index in [1.165, 1.54) is 0 Å². The molecular weight excluding hydrogens is 262 g/mol. The molecule has 21 heavy (non-hydrogen) atoms. The SMILES string of the molecule is CCNc1ccc(C(=O)Nc2cccc(N(C)C)c2)cc1. The van der Waals surface area contributed by atoms with Crippen LogP contribution >= 0.6 is 0 Å². The summed E-state index contributed by atoms with van der Waals surface area (Å²) in [7, 11) is 3.95. The number of rotatable bonds is 5. The van der Waals surface area contributed by atoms with Crippen molar-refractivity contribution in [1.29, 1.82) is 0 Å². The van der Waals surface area contributed by atoms with Gasteiger partial charge in [0.25, 0.3) is 5.91 Å². The number of benzene rings is 2. The van der Waals surface area contributed by atoms with Crippen molar-refractivity contribution < 1.29 is 4.79 Å². The van der Waals surface area contributed by atoms with Gasteiger partial charge in [-0.2, -0.15) is 0 Å². The van der Waals surface area contributed by atoms with Crippen molar-refractivity contribution in [2.45, 2.75) is 6.92 Å². The third kappa shape index (κ3) is 3.99. The molecule has 1 amide bonds. The first-order valence-electron chi connectivity index (χ1n) is 7.03. The predicted octanol–water partition coefficient (Wildman–Crippen LogP) is 3.44. The van der Waals surface area contributed by atoms with Gasteiger partial charge in [0.1, 0.15) is 0 Å². The van der Waals surface area contributed by atoms with Crippen LogP contribution < -0.4 is 15.5 Å². The van der Waals surface area contributed by atoms with Crippen molar-refractivity contribution in [3.05, 3.63) is 54.1 Å². The molecule has 2 aromatic rings. The Morgan fingerprint density at radius 3 is 2.38 bits per heavy atom. The minimum Gasteiger partial charge on any atom is -0.385 e. The van der Waals surface area contributed by atoms with E-state index in [0.717, 1.165) is 23.6 Å². The summed E-state index contributed by atoms with van der Waals surface area (Å²) in [5.74, 6) is -0.103. The van der Waals surface area contributed by atoms with Crippen LogP contribution in [0.25, 0.3) is 0 Å². The average molecular weight is 283 g/mol. The van der Waals surface area contributed by atoms with Gasteiger partial charge in [0, 0.05) is 43.3 Å². The van der Waals surface area contributed by atoms with Crippen LogP contribution in [0.2, 0.25) is 0 Å².